The second-order valence-electron chi connectivity index (χ2n) is 3.55. The molecule has 1 atom stereocenters. The maximum atomic E-state index is 9.95. The molecule has 0 aliphatic heterocycles. The second kappa shape index (κ2) is 8.06. The van der Waals surface area contributed by atoms with Crippen LogP contribution < -0.4 is 4.74 Å². The molecule has 1 N–H and O–H groups in total. The molecule has 0 amide bonds. The van der Waals surface area contributed by atoms with Crippen molar-refractivity contribution in [3.63, 3.8) is 0 Å². The van der Waals surface area contributed by atoms with E-state index in [1.165, 1.54) is 0 Å². The molecule has 0 fully saturated rings. The molecule has 0 aromatic heterocycles. The van der Waals surface area contributed by atoms with E-state index in [-0.39, 0.29) is 6.61 Å². The topological polar surface area (TPSA) is 47.9 Å². The smallest absolute Gasteiger partial charge is 0.125 e. The number of rotatable bonds is 8. The van der Waals surface area contributed by atoms with Gasteiger partial charge in [0.2, 0.25) is 0 Å². The largest absolute Gasteiger partial charge is 0.491 e. The van der Waals surface area contributed by atoms with Gasteiger partial charge in [-0.15, -0.1) is 0 Å². The Balaban J connectivity index is 2.62. The Morgan fingerprint density at radius 2 is 2.00 bits per heavy atom. The molecule has 1 aromatic rings. The Morgan fingerprint density at radius 1 is 1.24 bits per heavy atom. The monoisotopic (exact) mass is 240 g/mol. The molecular formula is C13H20O4. The zero-order valence-electron chi connectivity index (χ0n) is 10.4. The Kier molecular flexibility index (Phi) is 6.62. The molecule has 0 aliphatic rings. The number of hydrogen-bond acceptors (Lipinski definition) is 4. The van der Waals surface area contributed by atoms with Gasteiger partial charge in [0.15, 0.2) is 0 Å². The van der Waals surface area contributed by atoms with Crippen molar-refractivity contribution in [1.29, 1.82) is 0 Å². The van der Waals surface area contributed by atoms with E-state index in [1.54, 1.807) is 7.11 Å². The summed E-state index contributed by atoms with van der Waals surface area (Å²) in [5.41, 5.74) is 0.747. The predicted molar refractivity (Wildman–Crippen MR) is 65.3 cm³/mol. The number of para-hydroxylation sites is 1. The molecule has 96 valence electrons. The van der Waals surface area contributed by atoms with Gasteiger partial charge in [0.25, 0.3) is 0 Å². The fourth-order valence-corrected chi connectivity index (χ4v) is 1.44. The molecule has 4 heteroatoms. The predicted octanol–water partition coefficient (Wildman–Crippen LogP) is 1.78. The third kappa shape index (κ3) is 4.73. The van der Waals surface area contributed by atoms with Crippen molar-refractivity contribution in [2.24, 2.45) is 0 Å². The van der Waals surface area contributed by atoms with E-state index in [0.29, 0.717) is 25.6 Å². The van der Waals surface area contributed by atoms with Crippen molar-refractivity contribution in [3.8, 4) is 5.75 Å². The number of ether oxygens (including phenoxy) is 3. The van der Waals surface area contributed by atoms with Crippen molar-refractivity contribution >= 4 is 0 Å². The van der Waals surface area contributed by atoms with E-state index in [4.69, 9.17) is 14.2 Å². The van der Waals surface area contributed by atoms with Crippen molar-refractivity contribution in [1.82, 2.24) is 0 Å². The Labute approximate surface area is 102 Å². The minimum Gasteiger partial charge on any atom is -0.491 e. The van der Waals surface area contributed by atoms with Crippen LogP contribution in [0.5, 0.6) is 5.75 Å². The summed E-state index contributed by atoms with van der Waals surface area (Å²) in [5, 5.41) is 9.95. The summed E-state index contributed by atoms with van der Waals surface area (Å²) in [7, 11) is 1.62. The Bertz CT molecular complexity index is 314. The van der Waals surface area contributed by atoms with Gasteiger partial charge in [-0.05, 0) is 13.0 Å². The molecule has 1 aromatic carbocycles. The number of aliphatic hydroxyl groups is 1. The average Bonchev–Trinajstić information content (AvgIpc) is 2.37. The number of aliphatic hydroxyl groups excluding tert-OH is 1. The normalized spacial score (nSPS) is 12.4. The van der Waals surface area contributed by atoms with Crippen LogP contribution in [0.25, 0.3) is 0 Å². The highest BCUT2D eigenvalue weighted by Crippen LogP contribution is 2.25. The minimum absolute atomic E-state index is 0.279. The first kappa shape index (κ1) is 14.0. The van der Waals surface area contributed by atoms with E-state index < -0.39 is 6.10 Å². The maximum absolute atomic E-state index is 9.95. The van der Waals surface area contributed by atoms with Crippen LogP contribution in [0.2, 0.25) is 0 Å². The summed E-state index contributed by atoms with van der Waals surface area (Å²) in [6, 6.07) is 7.42. The molecule has 0 saturated carbocycles. The zero-order chi connectivity index (χ0) is 12.5. The first-order valence-electron chi connectivity index (χ1n) is 5.76. The van der Waals surface area contributed by atoms with Crippen LogP contribution in [0.4, 0.5) is 0 Å². The van der Waals surface area contributed by atoms with Gasteiger partial charge < -0.3 is 19.3 Å². The molecule has 1 rings (SSSR count). The molecule has 0 bridgehead atoms. The van der Waals surface area contributed by atoms with E-state index in [9.17, 15) is 5.11 Å². The lowest BCUT2D eigenvalue weighted by atomic mass is 10.1. The summed E-state index contributed by atoms with van der Waals surface area (Å²) >= 11 is 0. The van der Waals surface area contributed by atoms with Gasteiger partial charge in [-0.2, -0.15) is 0 Å². The molecule has 0 radical (unpaired) electrons. The molecular weight excluding hydrogens is 220 g/mol. The molecule has 17 heavy (non-hydrogen) atoms. The van der Waals surface area contributed by atoms with E-state index in [1.807, 2.05) is 31.2 Å². The standard InChI is InChI=1S/C13H20O4/c1-3-16-10-12(14)11-6-4-5-7-13(11)17-9-8-15-2/h4-7,12,14H,3,8-10H2,1-2H3. The lowest BCUT2D eigenvalue weighted by Gasteiger charge is -2.15. The van der Waals surface area contributed by atoms with Crippen molar-refractivity contribution in [2.45, 2.75) is 13.0 Å². The minimum atomic E-state index is -0.659. The van der Waals surface area contributed by atoms with E-state index in [0.717, 1.165) is 5.56 Å². The van der Waals surface area contributed by atoms with Crippen LogP contribution >= 0.6 is 0 Å². The van der Waals surface area contributed by atoms with Gasteiger partial charge in [-0.25, -0.2) is 0 Å². The van der Waals surface area contributed by atoms with Crippen LogP contribution in [0.3, 0.4) is 0 Å². The van der Waals surface area contributed by atoms with E-state index >= 15 is 0 Å². The van der Waals surface area contributed by atoms with Gasteiger partial charge >= 0.3 is 0 Å². The van der Waals surface area contributed by atoms with Crippen LogP contribution in [0.1, 0.15) is 18.6 Å². The fraction of sp³-hybridized carbons (Fsp3) is 0.538. The molecule has 0 aliphatic carbocycles. The Hall–Kier alpha value is -1.10. The summed E-state index contributed by atoms with van der Waals surface area (Å²) < 4.78 is 15.7. The van der Waals surface area contributed by atoms with Gasteiger partial charge in [-0.1, -0.05) is 18.2 Å². The molecule has 0 heterocycles. The third-order valence-electron chi connectivity index (χ3n) is 2.30. The first-order chi connectivity index (χ1) is 8.29. The lowest BCUT2D eigenvalue weighted by Crippen LogP contribution is -2.11. The summed E-state index contributed by atoms with van der Waals surface area (Å²) in [4.78, 5) is 0. The van der Waals surface area contributed by atoms with Crippen molar-refractivity contribution in [3.05, 3.63) is 29.8 Å². The maximum Gasteiger partial charge on any atom is 0.125 e. The fourth-order valence-electron chi connectivity index (χ4n) is 1.44. The van der Waals surface area contributed by atoms with Crippen LogP contribution in [0.15, 0.2) is 24.3 Å². The highest BCUT2D eigenvalue weighted by Gasteiger charge is 2.12. The second-order valence-corrected chi connectivity index (χ2v) is 3.55. The van der Waals surface area contributed by atoms with Crippen molar-refractivity contribution < 1.29 is 19.3 Å². The summed E-state index contributed by atoms with van der Waals surface area (Å²) in [5.74, 6) is 0.678. The number of methoxy groups -OCH3 is 1. The third-order valence-corrected chi connectivity index (χ3v) is 2.30. The molecule has 0 spiro atoms. The first-order valence-corrected chi connectivity index (χ1v) is 5.76. The van der Waals surface area contributed by atoms with Crippen LogP contribution in [-0.2, 0) is 9.47 Å². The molecule has 1 unspecified atom stereocenters. The number of hydrogen-bond donors (Lipinski definition) is 1. The van der Waals surface area contributed by atoms with Crippen LogP contribution in [0, 0.1) is 0 Å². The molecule has 4 nitrogen and oxygen atoms in total. The van der Waals surface area contributed by atoms with Gasteiger partial charge in [0.1, 0.15) is 18.5 Å². The highest BCUT2D eigenvalue weighted by atomic mass is 16.5. The van der Waals surface area contributed by atoms with Gasteiger partial charge in [-0.3, -0.25) is 0 Å². The van der Waals surface area contributed by atoms with E-state index in [2.05, 4.69) is 0 Å². The highest BCUT2D eigenvalue weighted by molar-refractivity contribution is 5.35. The summed E-state index contributed by atoms with van der Waals surface area (Å²) in [6.07, 6.45) is -0.659. The average molecular weight is 240 g/mol. The van der Waals surface area contributed by atoms with Crippen LogP contribution in [-0.4, -0.2) is 38.6 Å². The quantitative estimate of drug-likeness (QED) is 0.704. The SMILES string of the molecule is CCOCC(O)c1ccccc1OCCOC. The molecule has 0 saturated heterocycles. The van der Waals surface area contributed by atoms with Gasteiger partial charge in [0.05, 0.1) is 13.2 Å². The zero-order valence-corrected chi connectivity index (χ0v) is 10.4. The summed E-state index contributed by atoms with van der Waals surface area (Å²) in [6.45, 7) is 3.75. The lowest BCUT2D eigenvalue weighted by molar-refractivity contribution is 0.0399. The number of benzene rings is 1. The van der Waals surface area contributed by atoms with Crippen molar-refractivity contribution in [2.75, 3.05) is 33.5 Å². The Morgan fingerprint density at radius 3 is 2.71 bits per heavy atom. The van der Waals surface area contributed by atoms with Gasteiger partial charge in [0, 0.05) is 19.3 Å².